The van der Waals surface area contributed by atoms with E-state index >= 15 is 0 Å². The first-order chi connectivity index (χ1) is 9.31. The van der Waals surface area contributed by atoms with Crippen molar-refractivity contribution in [2.45, 2.75) is 13.3 Å². The lowest BCUT2D eigenvalue weighted by atomic mass is 10.1. The van der Waals surface area contributed by atoms with E-state index in [1.54, 1.807) is 30.7 Å². The average molecular weight is 254 g/mol. The summed E-state index contributed by atoms with van der Waals surface area (Å²) in [7, 11) is 0. The van der Waals surface area contributed by atoms with Crippen LogP contribution in [0, 0.1) is 0 Å². The third-order valence-corrected chi connectivity index (χ3v) is 2.55. The van der Waals surface area contributed by atoms with Crippen LogP contribution in [-0.4, -0.2) is 21.6 Å². The summed E-state index contributed by atoms with van der Waals surface area (Å²) in [6.45, 7) is 1.97. The molecule has 2 aromatic rings. The van der Waals surface area contributed by atoms with E-state index in [1.807, 2.05) is 19.1 Å². The van der Waals surface area contributed by atoms with Gasteiger partial charge in [0.2, 0.25) is 0 Å². The van der Waals surface area contributed by atoms with Crippen LogP contribution in [0.25, 0.3) is 0 Å². The molecule has 2 heterocycles. The summed E-state index contributed by atoms with van der Waals surface area (Å²) in [4.78, 5) is 19.7. The van der Waals surface area contributed by atoms with Crippen LogP contribution in [0.3, 0.4) is 0 Å². The lowest BCUT2D eigenvalue weighted by Crippen LogP contribution is -2.20. The minimum atomic E-state index is -0.275. The van der Waals surface area contributed by atoms with Gasteiger partial charge in [0.1, 0.15) is 0 Å². The Morgan fingerprint density at radius 1 is 1.16 bits per heavy atom. The fourth-order valence-corrected chi connectivity index (χ4v) is 1.56. The van der Waals surface area contributed by atoms with E-state index in [0.717, 1.165) is 11.3 Å². The van der Waals surface area contributed by atoms with E-state index < -0.39 is 0 Å². The molecule has 0 saturated heterocycles. The van der Waals surface area contributed by atoms with Crippen LogP contribution in [0.4, 0.5) is 0 Å². The maximum atomic E-state index is 11.8. The monoisotopic (exact) mass is 254 g/mol. The summed E-state index contributed by atoms with van der Waals surface area (Å²) in [5.74, 6) is -0.275. The highest BCUT2D eigenvalue weighted by molar-refractivity contribution is 6.01. The minimum Gasteiger partial charge on any atom is -0.267 e. The van der Waals surface area contributed by atoms with Gasteiger partial charge in [-0.15, -0.1) is 0 Å². The molecule has 0 aliphatic carbocycles. The second kappa shape index (κ2) is 6.39. The molecule has 0 aliphatic heterocycles. The Morgan fingerprint density at radius 3 is 2.32 bits per heavy atom. The van der Waals surface area contributed by atoms with Gasteiger partial charge in [0.05, 0.1) is 11.3 Å². The molecule has 0 unspecified atom stereocenters. The van der Waals surface area contributed by atoms with Gasteiger partial charge in [-0.3, -0.25) is 14.8 Å². The Labute approximate surface area is 111 Å². The maximum absolute atomic E-state index is 11.8. The zero-order valence-corrected chi connectivity index (χ0v) is 10.6. The van der Waals surface area contributed by atoms with Gasteiger partial charge in [-0.05, 0) is 24.6 Å². The van der Waals surface area contributed by atoms with Crippen molar-refractivity contribution < 1.29 is 4.79 Å². The first kappa shape index (κ1) is 12.9. The Morgan fingerprint density at radius 2 is 1.79 bits per heavy atom. The summed E-state index contributed by atoms with van der Waals surface area (Å²) >= 11 is 0. The number of hydrazone groups is 1. The maximum Gasteiger partial charge on any atom is 0.272 e. The largest absolute Gasteiger partial charge is 0.272 e. The van der Waals surface area contributed by atoms with Crippen molar-refractivity contribution >= 4 is 11.6 Å². The molecule has 2 aromatic heterocycles. The number of carbonyl (C=O) groups is 1. The molecule has 0 atom stereocenters. The summed E-state index contributed by atoms with van der Waals surface area (Å²) in [6.07, 6.45) is 7.25. The van der Waals surface area contributed by atoms with E-state index in [1.165, 1.54) is 6.20 Å². The minimum absolute atomic E-state index is 0.275. The Balaban J connectivity index is 2.11. The van der Waals surface area contributed by atoms with Crippen molar-refractivity contribution in [2.75, 3.05) is 0 Å². The second-order valence-electron chi connectivity index (χ2n) is 3.84. The number of nitrogens with zero attached hydrogens (tertiary/aromatic N) is 3. The van der Waals surface area contributed by atoms with E-state index in [4.69, 9.17) is 0 Å². The molecule has 0 spiro atoms. The normalized spacial score (nSPS) is 11.1. The number of rotatable bonds is 4. The van der Waals surface area contributed by atoms with Crippen LogP contribution in [0.1, 0.15) is 29.3 Å². The predicted octanol–water partition coefficient (Wildman–Crippen LogP) is 2.02. The number of hydrogen-bond donors (Lipinski definition) is 1. The third kappa shape index (κ3) is 3.45. The highest BCUT2D eigenvalue weighted by Crippen LogP contribution is 2.02. The van der Waals surface area contributed by atoms with Crippen molar-refractivity contribution in [1.29, 1.82) is 0 Å². The zero-order chi connectivity index (χ0) is 13.5. The van der Waals surface area contributed by atoms with Crippen molar-refractivity contribution in [1.82, 2.24) is 15.4 Å². The standard InChI is InChI=1S/C14H14N4O/c1-2-13(11-5-3-7-15-9-11)17-18-14(19)12-6-4-8-16-10-12/h3-10H,2H2,1H3,(H,18,19). The van der Waals surface area contributed by atoms with E-state index in [9.17, 15) is 4.79 Å². The van der Waals surface area contributed by atoms with Gasteiger partial charge < -0.3 is 0 Å². The molecule has 0 aromatic carbocycles. The molecule has 5 heteroatoms. The highest BCUT2D eigenvalue weighted by Gasteiger charge is 2.05. The van der Waals surface area contributed by atoms with Crippen molar-refractivity contribution in [2.24, 2.45) is 5.10 Å². The van der Waals surface area contributed by atoms with E-state index in [2.05, 4.69) is 20.5 Å². The van der Waals surface area contributed by atoms with Gasteiger partial charge >= 0.3 is 0 Å². The van der Waals surface area contributed by atoms with Crippen LogP contribution in [0.2, 0.25) is 0 Å². The van der Waals surface area contributed by atoms with Gasteiger partial charge in [0.25, 0.3) is 5.91 Å². The molecule has 19 heavy (non-hydrogen) atoms. The number of carbonyl (C=O) groups excluding carboxylic acids is 1. The third-order valence-electron chi connectivity index (χ3n) is 2.55. The number of amides is 1. The molecular formula is C14H14N4O. The van der Waals surface area contributed by atoms with E-state index in [-0.39, 0.29) is 5.91 Å². The molecular weight excluding hydrogens is 240 g/mol. The predicted molar refractivity (Wildman–Crippen MR) is 72.8 cm³/mol. The lowest BCUT2D eigenvalue weighted by molar-refractivity contribution is 0.0954. The average Bonchev–Trinajstić information content (AvgIpc) is 2.49. The lowest BCUT2D eigenvalue weighted by Gasteiger charge is -2.04. The molecule has 0 saturated carbocycles. The molecule has 1 amide bonds. The summed E-state index contributed by atoms with van der Waals surface area (Å²) in [5, 5.41) is 4.14. The second-order valence-corrected chi connectivity index (χ2v) is 3.84. The van der Waals surface area contributed by atoms with Crippen LogP contribution < -0.4 is 5.43 Å². The Kier molecular flexibility index (Phi) is 4.34. The van der Waals surface area contributed by atoms with Gasteiger partial charge in [0, 0.05) is 30.4 Å². The summed E-state index contributed by atoms with van der Waals surface area (Å²) in [6, 6.07) is 7.14. The van der Waals surface area contributed by atoms with Gasteiger partial charge in [0.15, 0.2) is 0 Å². The Hall–Kier alpha value is -2.56. The molecule has 1 N–H and O–H groups in total. The Bertz CT molecular complexity index is 567. The molecule has 0 aliphatic rings. The molecule has 96 valence electrons. The van der Waals surface area contributed by atoms with Crippen LogP contribution in [0.5, 0.6) is 0 Å². The van der Waals surface area contributed by atoms with Crippen molar-refractivity contribution in [3.63, 3.8) is 0 Å². The van der Waals surface area contributed by atoms with Crippen molar-refractivity contribution in [3.8, 4) is 0 Å². The van der Waals surface area contributed by atoms with Crippen molar-refractivity contribution in [3.05, 3.63) is 60.2 Å². The molecule has 2 rings (SSSR count). The number of nitrogens with one attached hydrogen (secondary N) is 1. The summed E-state index contributed by atoms with van der Waals surface area (Å²) < 4.78 is 0. The fraction of sp³-hybridized carbons (Fsp3) is 0.143. The number of hydrogen-bond acceptors (Lipinski definition) is 4. The quantitative estimate of drug-likeness (QED) is 0.670. The first-order valence-corrected chi connectivity index (χ1v) is 5.98. The first-order valence-electron chi connectivity index (χ1n) is 5.98. The van der Waals surface area contributed by atoms with Gasteiger partial charge in [-0.1, -0.05) is 13.0 Å². The smallest absolute Gasteiger partial charge is 0.267 e. The van der Waals surface area contributed by atoms with E-state index in [0.29, 0.717) is 12.0 Å². The molecule has 5 nitrogen and oxygen atoms in total. The molecule has 0 fully saturated rings. The SMILES string of the molecule is CCC(=NNC(=O)c1cccnc1)c1cccnc1. The van der Waals surface area contributed by atoms with Crippen LogP contribution in [-0.2, 0) is 0 Å². The molecule has 0 bridgehead atoms. The van der Waals surface area contributed by atoms with Crippen LogP contribution >= 0.6 is 0 Å². The zero-order valence-electron chi connectivity index (χ0n) is 10.6. The molecule has 0 radical (unpaired) electrons. The number of pyridine rings is 2. The number of aromatic nitrogens is 2. The highest BCUT2D eigenvalue weighted by atomic mass is 16.2. The summed E-state index contributed by atoms with van der Waals surface area (Å²) in [5.41, 5.74) is 4.69. The van der Waals surface area contributed by atoms with Crippen LogP contribution in [0.15, 0.2) is 54.2 Å². The van der Waals surface area contributed by atoms with Gasteiger partial charge in [-0.2, -0.15) is 5.10 Å². The van der Waals surface area contributed by atoms with Gasteiger partial charge in [-0.25, -0.2) is 5.43 Å². The fourth-order valence-electron chi connectivity index (χ4n) is 1.56. The topological polar surface area (TPSA) is 67.2 Å².